The van der Waals surface area contributed by atoms with Crippen LogP contribution < -0.4 is 0 Å². The van der Waals surface area contributed by atoms with Gasteiger partial charge in [-0.15, -0.1) is 0 Å². The molecule has 0 heterocycles. The van der Waals surface area contributed by atoms with E-state index in [4.69, 9.17) is 4.18 Å². The number of rotatable bonds is 5. The van der Waals surface area contributed by atoms with E-state index in [-0.39, 0.29) is 22.8 Å². The fraction of sp³-hybridized carbons (Fsp3) is 0.412. The molecule has 0 aliphatic heterocycles. The third-order valence-electron chi connectivity index (χ3n) is 3.57. The molecule has 114 valence electrons. The summed E-state index contributed by atoms with van der Waals surface area (Å²) in [6, 6.07) is 12.7. The Morgan fingerprint density at radius 2 is 1.43 bits per heavy atom. The topological polar surface area (TPSA) is 43.4 Å². The Labute approximate surface area is 127 Å². The molecule has 0 radical (unpaired) electrons. The molecule has 0 atom stereocenters. The summed E-state index contributed by atoms with van der Waals surface area (Å²) >= 11 is 0. The minimum Gasteiger partial charge on any atom is -0.262 e. The van der Waals surface area contributed by atoms with Gasteiger partial charge in [0.15, 0.2) is 0 Å². The number of fused-ring (bicyclic) bond motifs is 1. The van der Waals surface area contributed by atoms with Crippen LogP contribution in [0.25, 0.3) is 10.8 Å². The first-order valence-corrected chi connectivity index (χ1v) is 8.65. The first-order valence-electron chi connectivity index (χ1n) is 7.24. The summed E-state index contributed by atoms with van der Waals surface area (Å²) in [7, 11) is -3.78. The first kappa shape index (κ1) is 16.0. The van der Waals surface area contributed by atoms with Crippen LogP contribution in [0.5, 0.6) is 0 Å². The zero-order chi connectivity index (χ0) is 15.6. The van der Waals surface area contributed by atoms with Crippen molar-refractivity contribution in [1.82, 2.24) is 0 Å². The van der Waals surface area contributed by atoms with Crippen LogP contribution in [0, 0.1) is 11.8 Å². The molecule has 21 heavy (non-hydrogen) atoms. The van der Waals surface area contributed by atoms with Crippen LogP contribution in [-0.4, -0.2) is 14.5 Å². The van der Waals surface area contributed by atoms with Gasteiger partial charge in [0, 0.05) is 5.39 Å². The van der Waals surface area contributed by atoms with Gasteiger partial charge in [0.25, 0.3) is 10.1 Å². The van der Waals surface area contributed by atoms with E-state index in [1.54, 1.807) is 12.1 Å². The highest BCUT2D eigenvalue weighted by Gasteiger charge is 2.27. The lowest BCUT2D eigenvalue weighted by molar-refractivity contribution is 0.112. The quantitative estimate of drug-likeness (QED) is 0.777. The van der Waals surface area contributed by atoms with Crippen LogP contribution in [0.1, 0.15) is 27.7 Å². The number of benzene rings is 2. The molecule has 0 N–H and O–H groups in total. The zero-order valence-corrected chi connectivity index (χ0v) is 13.7. The zero-order valence-electron chi connectivity index (χ0n) is 12.9. The van der Waals surface area contributed by atoms with E-state index >= 15 is 0 Å². The number of hydrogen-bond acceptors (Lipinski definition) is 3. The Kier molecular flexibility index (Phi) is 4.69. The van der Waals surface area contributed by atoms with E-state index in [9.17, 15) is 8.42 Å². The summed E-state index contributed by atoms with van der Waals surface area (Å²) in [6.45, 7) is 7.90. The van der Waals surface area contributed by atoms with Gasteiger partial charge in [0.2, 0.25) is 0 Å². The summed E-state index contributed by atoms with van der Waals surface area (Å²) in [4.78, 5) is 0.243. The first-order chi connectivity index (χ1) is 9.83. The van der Waals surface area contributed by atoms with Crippen molar-refractivity contribution in [2.45, 2.75) is 38.7 Å². The Morgan fingerprint density at radius 1 is 0.857 bits per heavy atom. The van der Waals surface area contributed by atoms with Crippen molar-refractivity contribution < 1.29 is 12.6 Å². The molecule has 2 rings (SSSR count). The largest absolute Gasteiger partial charge is 0.297 e. The molecule has 0 spiro atoms. The molecule has 0 saturated heterocycles. The standard InChI is InChI=1S/C17H22O3S/c1-12(2)17(13(3)4)20-21(18,19)16-11-7-9-14-8-5-6-10-15(14)16/h5-13,17H,1-4H3. The molecule has 0 aliphatic carbocycles. The fourth-order valence-electron chi connectivity index (χ4n) is 2.60. The van der Waals surface area contributed by atoms with Crippen molar-refractivity contribution in [1.29, 1.82) is 0 Å². The Balaban J connectivity index is 2.47. The Hall–Kier alpha value is -1.39. The van der Waals surface area contributed by atoms with Crippen LogP contribution in [-0.2, 0) is 14.3 Å². The average molecular weight is 306 g/mol. The highest BCUT2D eigenvalue weighted by atomic mass is 32.2. The summed E-state index contributed by atoms with van der Waals surface area (Å²) in [6.07, 6.45) is -0.325. The van der Waals surface area contributed by atoms with Gasteiger partial charge in [-0.25, -0.2) is 0 Å². The van der Waals surface area contributed by atoms with Crippen LogP contribution in [0.4, 0.5) is 0 Å². The summed E-state index contributed by atoms with van der Waals surface area (Å²) in [5, 5.41) is 1.60. The highest BCUT2D eigenvalue weighted by Crippen LogP contribution is 2.27. The molecule has 0 bridgehead atoms. The van der Waals surface area contributed by atoms with Crippen molar-refractivity contribution >= 4 is 20.9 Å². The third kappa shape index (κ3) is 3.44. The summed E-state index contributed by atoms with van der Waals surface area (Å²) in [5.74, 6) is 0.268. The molecule has 0 unspecified atom stereocenters. The summed E-state index contributed by atoms with van der Waals surface area (Å²) in [5.41, 5.74) is 0. The fourth-order valence-corrected chi connectivity index (χ4v) is 4.14. The smallest absolute Gasteiger partial charge is 0.262 e. The van der Waals surface area contributed by atoms with E-state index in [1.807, 2.05) is 58.0 Å². The molecule has 0 saturated carbocycles. The maximum absolute atomic E-state index is 12.6. The monoisotopic (exact) mass is 306 g/mol. The highest BCUT2D eigenvalue weighted by molar-refractivity contribution is 7.87. The van der Waals surface area contributed by atoms with E-state index in [0.29, 0.717) is 5.39 Å². The van der Waals surface area contributed by atoms with Crippen LogP contribution in [0.3, 0.4) is 0 Å². The van der Waals surface area contributed by atoms with Crippen LogP contribution in [0.2, 0.25) is 0 Å². The second kappa shape index (κ2) is 6.16. The molecule has 0 amide bonds. The maximum Gasteiger partial charge on any atom is 0.297 e. The maximum atomic E-state index is 12.6. The average Bonchev–Trinajstić information content (AvgIpc) is 2.43. The second-order valence-corrected chi connectivity index (χ2v) is 7.52. The minimum absolute atomic E-state index is 0.134. The predicted molar refractivity (Wildman–Crippen MR) is 85.7 cm³/mol. The van der Waals surface area contributed by atoms with Gasteiger partial charge < -0.3 is 0 Å². The van der Waals surface area contributed by atoms with Crippen molar-refractivity contribution in [2.75, 3.05) is 0 Å². The molecule has 0 aliphatic rings. The Bertz CT molecular complexity index is 704. The molecular formula is C17H22O3S. The van der Waals surface area contributed by atoms with Gasteiger partial charge in [-0.1, -0.05) is 64.1 Å². The van der Waals surface area contributed by atoms with E-state index < -0.39 is 10.1 Å². The second-order valence-electron chi connectivity index (χ2n) is 5.98. The van der Waals surface area contributed by atoms with Gasteiger partial charge in [-0.3, -0.25) is 4.18 Å². The van der Waals surface area contributed by atoms with Crippen LogP contribution in [0.15, 0.2) is 47.4 Å². The van der Waals surface area contributed by atoms with Gasteiger partial charge in [-0.2, -0.15) is 8.42 Å². The van der Waals surface area contributed by atoms with Gasteiger partial charge in [0.05, 0.1) is 6.10 Å². The third-order valence-corrected chi connectivity index (χ3v) is 4.94. The number of hydrogen-bond donors (Lipinski definition) is 0. The van der Waals surface area contributed by atoms with Crippen molar-refractivity contribution in [3.05, 3.63) is 42.5 Å². The molecule has 2 aromatic carbocycles. The molecular weight excluding hydrogens is 284 g/mol. The minimum atomic E-state index is -3.78. The Morgan fingerprint density at radius 3 is 2.05 bits per heavy atom. The SMILES string of the molecule is CC(C)C(OS(=O)(=O)c1cccc2ccccc12)C(C)C. The lowest BCUT2D eigenvalue weighted by Gasteiger charge is -2.24. The molecule has 3 nitrogen and oxygen atoms in total. The van der Waals surface area contributed by atoms with E-state index in [0.717, 1.165) is 5.39 Å². The lowest BCUT2D eigenvalue weighted by Crippen LogP contribution is -2.29. The van der Waals surface area contributed by atoms with Gasteiger partial charge in [-0.05, 0) is 23.3 Å². The molecule has 0 fully saturated rings. The predicted octanol–water partition coefficient (Wildman–Crippen LogP) is 4.23. The van der Waals surface area contributed by atoms with Crippen molar-refractivity contribution in [2.24, 2.45) is 11.8 Å². The molecule has 2 aromatic rings. The molecule has 4 heteroatoms. The lowest BCUT2D eigenvalue weighted by atomic mass is 9.97. The van der Waals surface area contributed by atoms with Crippen LogP contribution >= 0.6 is 0 Å². The van der Waals surface area contributed by atoms with Gasteiger partial charge in [0.1, 0.15) is 4.90 Å². The normalized spacial score (nSPS) is 12.7. The van der Waals surface area contributed by atoms with Gasteiger partial charge >= 0.3 is 0 Å². The van der Waals surface area contributed by atoms with Crippen molar-refractivity contribution in [3.63, 3.8) is 0 Å². The molecule has 0 aromatic heterocycles. The van der Waals surface area contributed by atoms with E-state index in [2.05, 4.69) is 0 Å². The summed E-state index contributed by atoms with van der Waals surface area (Å²) < 4.78 is 30.8. The van der Waals surface area contributed by atoms with Crippen molar-refractivity contribution in [3.8, 4) is 0 Å². The van der Waals surface area contributed by atoms with E-state index in [1.165, 1.54) is 0 Å².